The van der Waals surface area contributed by atoms with Gasteiger partial charge < -0.3 is 26.0 Å². The highest BCUT2D eigenvalue weighted by Gasteiger charge is 2.37. The van der Waals surface area contributed by atoms with Crippen molar-refractivity contribution >= 4 is 41.0 Å². The molecule has 5 N–H and O–H groups in total. The Kier molecular flexibility index (Phi) is 10.3. The van der Waals surface area contributed by atoms with Crippen LogP contribution < -0.4 is 15.8 Å². The minimum atomic E-state index is -3.02. The number of carbonyl (C=O) groups excluding carboxylic acids is 1. The lowest BCUT2D eigenvalue weighted by Crippen LogP contribution is -2.42. The number of ether oxygens (including phenoxy) is 1. The number of hydrogen-bond acceptors (Lipinski definition) is 7. The molecular weight excluding hydrogens is 651 g/mol. The smallest absolute Gasteiger partial charge is 0.331 e. The van der Waals surface area contributed by atoms with Crippen molar-refractivity contribution in [2.45, 2.75) is 31.6 Å². The number of methoxy groups -OCH3 is 1. The van der Waals surface area contributed by atoms with Crippen LogP contribution in [0.5, 0.6) is 5.75 Å². The summed E-state index contributed by atoms with van der Waals surface area (Å²) in [5.41, 5.74) is 1.58. The maximum atomic E-state index is 15.1. The molecule has 8 nitrogen and oxygen atoms in total. The highest BCUT2D eigenvalue weighted by atomic mass is 35.5. The summed E-state index contributed by atoms with van der Waals surface area (Å²) in [6.45, 7) is -0.756. The number of nitrogens with zero attached hydrogens (tertiary/aromatic N) is 2. The standard InChI is InChI=1S/C32H28Cl2F4N4O4/c1-31(2,44)20-12-25(42-28(26(20)34)19-11-21(33)23(36)13-22(19)35)32(45,18-7-5-4-6-8-18)15-41-29(43)16-9-17(14-40-30(37)38)27(39)24(10-16)46-3/h4-14,30,44-45H,15,39H2,1-3H3,(H,41,43)/b40-14+/t32-/m1/s1. The van der Waals surface area contributed by atoms with E-state index in [0.29, 0.717) is 6.07 Å². The molecule has 4 aromatic rings. The molecular formula is C32H28Cl2F4N4O4. The molecule has 0 fully saturated rings. The van der Waals surface area contributed by atoms with E-state index in [-0.39, 0.29) is 55.7 Å². The average Bonchev–Trinajstić information content (AvgIpc) is 3.01. The second kappa shape index (κ2) is 13.6. The number of rotatable bonds is 10. The Hall–Kier alpha value is -4.23. The number of nitrogen functional groups attached to an aromatic ring is 1. The summed E-state index contributed by atoms with van der Waals surface area (Å²) in [6.07, 6.45) is 0.803. The molecule has 0 aliphatic carbocycles. The van der Waals surface area contributed by atoms with Crippen molar-refractivity contribution in [3.05, 3.63) is 110 Å². The van der Waals surface area contributed by atoms with Crippen molar-refractivity contribution in [3.8, 4) is 17.0 Å². The third kappa shape index (κ3) is 7.26. The number of pyridine rings is 1. The van der Waals surface area contributed by atoms with Crippen molar-refractivity contribution in [1.29, 1.82) is 0 Å². The summed E-state index contributed by atoms with van der Waals surface area (Å²) < 4.78 is 59.8. The van der Waals surface area contributed by atoms with E-state index in [2.05, 4.69) is 15.3 Å². The molecule has 46 heavy (non-hydrogen) atoms. The van der Waals surface area contributed by atoms with Gasteiger partial charge in [0.05, 0.1) is 46.4 Å². The normalized spacial score (nSPS) is 13.2. The molecule has 0 aliphatic rings. The number of anilines is 1. The molecule has 3 aromatic carbocycles. The Labute approximate surface area is 271 Å². The quantitative estimate of drug-likeness (QED) is 0.0501. The SMILES string of the molecule is COc1cc(C(=O)NC[C@@](O)(c2ccccc2)c2cc(C(C)(C)O)c(Cl)c(-c3cc(Cl)c(F)cc3F)n2)cc(/C=N/C(F)F)c1N. The minimum absolute atomic E-state index is 0.0121. The molecule has 0 unspecified atom stereocenters. The van der Waals surface area contributed by atoms with Gasteiger partial charge in [-0.1, -0.05) is 53.5 Å². The molecule has 4 rings (SSSR count). The molecule has 0 saturated heterocycles. The molecule has 1 heterocycles. The Morgan fingerprint density at radius 3 is 2.37 bits per heavy atom. The number of alkyl halides is 2. The van der Waals surface area contributed by atoms with E-state index in [1.807, 2.05) is 0 Å². The first-order valence-corrected chi connectivity index (χ1v) is 14.3. The molecule has 0 bridgehead atoms. The van der Waals surface area contributed by atoms with Gasteiger partial charge in [-0.3, -0.25) is 4.79 Å². The molecule has 1 amide bonds. The van der Waals surface area contributed by atoms with Gasteiger partial charge in [0, 0.05) is 34.5 Å². The first-order chi connectivity index (χ1) is 21.6. The van der Waals surface area contributed by atoms with Crippen molar-refractivity contribution in [3.63, 3.8) is 0 Å². The fourth-order valence-corrected chi connectivity index (χ4v) is 5.22. The fourth-order valence-electron chi connectivity index (χ4n) is 4.63. The lowest BCUT2D eigenvalue weighted by molar-refractivity contribution is 0.0639. The largest absolute Gasteiger partial charge is 0.495 e. The van der Waals surface area contributed by atoms with E-state index < -0.39 is 46.9 Å². The van der Waals surface area contributed by atoms with Crippen LogP contribution in [0.3, 0.4) is 0 Å². The summed E-state index contributed by atoms with van der Waals surface area (Å²) in [7, 11) is 1.27. The zero-order valence-electron chi connectivity index (χ0n) is 24.6. The van der Waals surface area contributed by atoms with Crippen LogP contribution in [0.15, 0.2) is 65.7 Å². The van der Waals surface area contributed by atoms with Gasteiger partial charge in [0.1, 0.15) is 23.0 Å². The maximum Gasteiger partial charge on any atom is 0.331 e. The molecule has 1 aromatic heterocycles. The Morgan fingerprint density at radius 2 is 1.76 bits per heavy atom. The first kappa shape index (κ1) is 34.6. The summed E-state index contributed by atoms with van der Waals surface area (Å²) in [5, 5.41) is 25.3. The van der Waals surface area contributed by atoms with E-state index in [9.17, 15) is 28.2 Å². The molecule has 0 aliphatic heterocycles. The zero-order chi connectivity index (χ0) is 34.0. The monoisotopic (exact) mass is 678 g/mol. The van der Waals surface area contributed by atoms with Gasteiger partial charge in [-0.25, -0.2) is 18.8 Å². The van der Waals surface area contributed by atoms with Gasteiger partial charge in [-0.15, -0.1) is 0 Å². The third-order valence-electron chi connectivity index (χ3n) is 7.04. The number of nitrogens with two attached hydrogens (primary N) is 1. The van der Waals surface area contributed by atoms with E-state index in [4.69, 9.17) is 33.7 Å². The number of nitrogens with one attached hydrogen (secondary N) is 1. The highest BCUT2D eigenvalue weighted by Crippen LogP contribution is 2.41. The predicted molar refractivity (Wildman–Crippen MR) is 168 cm³/mol. The lowest BCUT2D eigenvalue weighted by atomic mass is 9.86. The second-order valence-electron chi connectivity index (χ2n) is 10.7. The summed E-state index contributed by atoms with van der Waals surface area (Å²) in [5.74, 6) is -2.84. The van der Waals surface area contributed by atoms with Crippen LogP contribution in [0.4, 0.5) is 23.2 Å². The molecule has 242 valence electrons. The highest BCUT2D eigenvalue weighted by molar-refractivity contribution is 6.34. The van der Waals surface area contributed by atoms with Gasteiger partial charge in [-0.05, 0) is 43.7 Å². The van der Waals surface area contributed by atoms with E-state index in [0.717, 1.165) is 12.3 Å². The van der Waals surface area contributed by atoms with Crippen LogP contribution in [0, 0.1) is 11.6 Å². The molecule has 0 radical (unpaired) electrons. The topological polar surface area (TPSA) is 130 Å². The van der Waals surface area contributed by atoms with Crippen molar-refractivity contribution in [2.75, 3.05) is 19.4 Å². The van der Waals surface area contributed by atoms with Crippen molar-refractivity contribution in [2.24, 2.45) is 4.99 Å². The summed E-state index contributed by atoms with van der Waals surface area (Å²) in [6, 6.07) is 13.3. The number of carbonyl (C=O) groups is 1. The number of aliphatic hydroxyl groups is 2. The van der Waals surface area contributed by atoms with E-state index >= 15 is 4.39 Å². The molecule has 0 saturated carbocycles. The number of aromatic nitrogens is 1. The van der Waals surface area contributed by atoms with Crippen LogP contribution >= 0.6 is 23.2 Å². The molecule has 1 atom stereocenters. The van der Waals surface area contributed by atoms with Crippen LogP contribution in [0.2, 0.25) is 10.0 Å². The first-order valence-electron chi connectivity index (χ1n) is 13.5. The van der Waals surface area contributed by atoms with Gasteiger partial charge in [-0.2, -0.15) is 8.78 Å². The van der Waals surface area contributed by atoms with Crippen LogP contribution in [-0.4, -0.2) is 47.5 Å². The predicted octanol–water partition coefficient (Wildman–Crippen LogP) is 6.46. The second-order valence-corrected chi connectivity index (χ2v) is 11.5. The average molecular weight is 679 g/mol. The van der Waals surface area contributed by atoms with Gasteiger partial charge in [0.25, 0.3) is 5.91 Å². The number of amides is 1. The summed E-state index contributed by atoms with van der Waals surface area (Å²) in [4.78, 5) is 20.9. The third-order valence-corrected chi connectivity index (χ3v) is 7.72. The Bertz CT molecular complexity index is 1800. The lowest BCUT2D eigenvalue weighted by Gasteiger charge is -2.31. The van der Waals surface area contributed by atoms with E-state index in [1.165, 1.54) is 39.2 Å². The Morgan fingerprint density at radius 1 is 1.09 bits per heavy atom. The summed E-state index contributed by atoms with van der Waals surface area (Å²) >= 11 is 12.6. The number of halogens is 6. The number of hydrogen-bond donors (Lipinski definition) is 4. The van der Waals surface area contributed by atoms with Gasteiger partial charge in [0.2, 0.25) is 0 Å². The minimum Gasteiger partial charge on any atom is -0.495 e. The zero-order valence-corrected chi connectivity index (χ0v) is 26.1. The van der Waals surface area contributed by atoms with Crippen LogP contribution in [0.25, 0.3) is 11.3 Å². The van der Waals surface area contributed by atoms with Crippen LogP contribution in [-0.2, 0) is 11.2 Å². The molecule has 0 spiro atoms. The number of aliphatic imine (C=N–C) groups is 1. The van der Waals surface area contributed by atoms with E-state index in [1.54, 1.807) is 30.3 Å². The van der Waals surface area contributed by atoms with Crippen molar-refractivity contribution < 1.29 is 37.3 Å². The van der Waals surface area contributed by atoms with Crippen molar-refractivity contribution in [1.82, 2.24) is 10.3 Å². The van der Waals surface area contributed by atoms with Crippen LogP contribution in [0.1, 0.15) is 46.6 Å². The Balaban J connectivity index is 1.87. The number of benzene rings is 3. The fraction of sp³-hybridized carbons (Fsp3) is 0.219. The van der Waals surface area contributed by atoms with Gasteiger partial charge >= 0.3 is 6.55 Å². The van der Waals surface area contributed by atoms with Gasteiger partial charge in [0.15, 0.2) is 0 Å². The maximum absolute atomic E-state index is 15.1. The molecule has 14 heteroatoms.